The van der Waals surface area contributed by atoms with Crippen molar-refractivity contribution in [1.82, 2.24) is 0 Å². The number of amides is 1. The maximum Gasteiger partial charge on any atom is 0.260 e. The molecule has 4 heteroatoms. The predicted molar refractivity (Wildman–Crippen MR) is 72.0 cm³/mol. The van der Waals surface area contributed by atoms with Crippen LogP contribution in [0.5, 0.6) is 5.75 Å². The number of nitrogens with zero attached hydrogens (tertiary/aromatic N) is 1. The first-order chi connectivity index (χ1) is 8.99. The third-order valence-electron chi connectivity index (χ3n) is 2.91. The maximum atomic E-state index is 13.6. The van der Waals surface area contributed by atoms with Crippen LogP contribution in [0.1, 0.15) is 15.9 Å². The minimum Gasteiger partial charge on any atom is -0.508 e. The number of carbonyl (C=O) groups is 1. The number of aromatic hydroxyl groups is 1. The number of phenolic OH excluding ortho intramolecular Hbond substituents is 1. The Labute approximate surface area is 110 Å². The SMILES string of the molecule is Cc1ccc(N(C)C(=O)c2ccc(O)cc2F)cc1. The molecular weight excluding hydrogens is 245 g/mol. The Morgan fingerprint density at radius 2 is 1.79 bits per heavy atom. The minimum absolute atomic E-state index is 0.0686. The smallest absolute Gasteiger partial charge is 0.260 e. The lowest BCUT2D eigenvalue weighted by atomic mass is 10.1. The molecule has 0 bridgehead atoms. The quantitative estimate of drug-likeness (QED) is 0.900. The average Bonchev–Trinajstić information content (AvgIpc) is 2.38. The van der Waals surface area contributed by atoms with Gasteiger partial charge in [0.25, 0.3) is 5.91 Å². The van der Waals surface area contributed by atoms with Crippen LogP contribution >= 0.6 is 0 Å². The summed E-state index contributed by atoms with van der Waals surface area (Å²) in [5.41, 5.74) is 1.70. The molecule has 0 aliphatic carbocycles. The van der Waals surface area contributed by atoms with Crippen molar-refractivity contribution in [3.63, 3.8) is 0 Å². The molecule has 0 aromatic heterocycles. The van der Waals surface area contributed by atoms with Crippen LogP contribution < -0.4 is 4.90 Å². The van der Waals surface area contributed by atoms with Crippen molar-refractivity contribution in [3.8, 4) is 5.75 Å². The van der Waals surface area contributed by atoms with Crippen molar-refractivity contribution in [3.05, 3.63) is 59.4 Å². The Morgan fingerprint density at radius 1 is 1.16 bits per heavy atom. The zero-order valence-electron chi connectivity index (χ0n) is 10.7. The molecule has 1 amide bonds. The molecule has 2 aromatic carbocycles. The fourth-order valence-corrected chi connectivity index (χ4v) is 1.74. The maximum absolute atomic E-state index is 13.6. The van der Waals surface area contributed by atoms with Gasteiger partial charge in [0.15, 0.2) is 0 Å². The van der Waals surface area contributed by atoms with Crippen molar-refractivity contribution in [2.24, 2.45) is 0 Å². The molecule has 2 aromatic rings. The molecule has 0 saturated heterocycles. The first kappa shape index (κ1) is 13.1. The Kier molecular flexibility index (Phi) is 3.51. The summed E-state index contributed by atoms with van der Waals surface area (Å²) in [7, 11) is 1.58. The molecule has 1 N–H and O–H groups in total. The van der Waals surface area contributed by atoms with E-state index in [9.17, 15) is 9.18 Å². The number of anilines is 1. The van der Waals surface area contributed by atoms with Crippen molar-refractivity contribution in [1.29, 1.82) is 0 Å². The minimum atomic E-state index is -0.732. The molecule has 0 radical (unpaired) electrons. The van der Waals surface area contributed by atoms with Crippen molar-refractivity contribution in [2.45, 2.75) is 6.92 Å². The van der Waals surface area contributed by atoms with Crippen molar-refractivity contribution < 1.29 is 14.3 Å². The predicted octanol–water partition coefficient (Wildman–Crippen LogP) is 3.12. The van der Waals surface area contributed by atoms with Gasteiger partial charge in [0, 0.05) is 18.8 Å². The van der Waals surface area contributed by atoms with Gasteiger partial charge in [0.1, 0.15) is 11.6 Å². The zero-order chi connectivity index (χ0) is 14.0. The van der Waals surface area contributed by atoms with E-state index in [0.29, 0.717) is 5.69 Å². The van der Waals surface area contributed by atoms with Gasteiger partial charge in [-0.3, -0.25) is 4.79 Å². The summed E-state index contributed by atoms with van der Waals surface area (Å²) >= 11 is 0. The summed E-state index contributed by atoms with van der Waals surface area (Å²) in [5, 5.41) is 9.14. The molecule has 0 heterocycles. The van der Waals surface area contributed by atoms with Crippen LogP contribution in [0.3, 0.4) is 0 Å². The molecule has 2 rings (SSSR count). The summed E-state index contributed by atoms with van der Waals surface area (Å²) in [5.74, 6) is -1.39. The lowest BCUT2D eigenvalue weighted by molar-refractivity contribution is 0.0989. The van der Waals surface area contributed by atoms with Gasteiger partial charge in [-0.05, 0) is 31.2 Å². The molecule has 0 spiro atoms. The summed E-state index contributed by atoms with van der Waals surface area (Å²) < 4.78 is 13.6. The van der Waals surface area contributed by atoms with Crippen molar-refractivity contribution in [2.75, 3.05) is 11.9 Å². The van der Waals surface area contributed by atoms with Crippen LogP contribution in [0, 0.1) is 12.7 Å². The summed E-state index contributed by atoms with van der Waals surface area (Å²) in [6.07, 6.45) is 0. The van der Waals surface area contributed by atoms with E-state index < -0.39 is 11.7 Å². The van der Waals surface area contributed by atoms with E-state index in [4.69, 9.17) is 5.11 Å². The van der Waals surface area contributed by atoms with E-state index in [-0.39, 0.29) is 11.3 Å². The zero-order valence-corrected chi connectivity index (χ0v) is 10.7. The average molecular weight is 259 g/mol. The van der Waals surface area contributed by atoms with E-state index in [1.807, 2.05) is 19.1 Å². The summed E-state index contributed by atoms with van der Waals surface area (Å²) in [6, 6.07) is 10.9. The van der Waals surface area contributed by atoms with Crippen LogP contribution in [-0.4, -0.2) is 18.1 Å². The molecule has 98 valence electrons. The molecule has 19 heavy (non-hydrogen) atoms. The molecule has 0 atom stereocenters. The third-order valence-corrected chi connectivity index (χ3v) is 2.91. The number of halogens is 1. The molecule has 0 unspecified atom stereocenters. The number of hydrogen-bond donors (Lipinski definition) is 1. The third kappa shape index (κ3) is 2.73. The topological polar surface area (TPSA) is 40.5 Å². The molecule has 0 saturated carbocycles. The number of benzene rings is 2. The Hall–Kier alpha value is -2.36. The first-order valence-electron chi connectivity index (χ1n) is 5.82. The second-order valence-corrected chi connectivity index (χ2v) is 4.36. The highest BCUT2D eigenvalue weighted by Crippen LogP contribution is 2.20. The van der Waals surface area contributed by atoms with E-state index in [2.05, 4.69) is 0 Å². The molecule has 0 aliphatic rings. The molecule has 3 nitrogen and oxygen atoms in total. The van der Waals surface area contributed by atoms with E-state index >= 15 is 0 Å². The van der Waals surface area contributed by atoms with Gasteiger partial charge in [-0.1, -0.05) is 17.7 Å². The number of phenols is 1. The molecule has 0 fully saturated rings. The Bertz CT molecular complexity index is 608. The summed E-state index contributed by atoms with van der Waals surface area (Å²) in [6.45, 7) is 1.95. The van der Waals surface area contributed by atoms with Gasteiger partial charge in [-0.2, -0.15) is 0 Å². The standard InChI is InChI=1S/C15H14FNO2/c1-10-3-5-11(6-4-10)17(2)15(19)13-8-7-12(18)9-14(13)16/h3-9,18H,1-2H3. The van der Waals surface area contributed by atoms with E-state index in [1.165, 1.54) is 17.0 Å². The monoisotopic (exact) mass is 259 g/mol. The number of rotatable bonds is 2. The van der Waals surface area contributed by atoms with E-state index in [0.717, 1.165) is 11.6 Å². The number of hydrogen-bond acceptors (Lipinski definition) is 2. The highest BCUT2D eigenvalue weighted by Gasteiger charge is 2.17. The number of aryl methyl sites for hydroxylation is 1. The normalized spacial score (nSPS) is 10.3. The van der Waals surface area contributed by atoms with Crippen LogP contribution in [0.15, 0.2) is 42.5 Å². The summed E-state index contributed by atoms with van der Waals surface area (Å²) in [4.78, 5) is 13.5. The second-order valence-electron chi connectivity index (χ2n) is 4.36. The van der Waals surface area contributed by atoms with Crippen LogP contribution in [0.4, 0.5) is 10.1 Å². The second kappa shape index (κ2) is 5.10. The van der Waals surface area contributed by atoms with Crippen molar-refractivity contribution >= 4 is 11.6 Å². The van der Waals surface area contributed by atoms with Crippen LogP contribution in [0.25, 0.3) is 0 Å². The number of carbonyl (C=O) groups excluding carboxylic acids is 1. The van der Waals surface area contributed by atoms with Gasteiger partial charge in [0.2, 0.25) is 0 Å². The molecule has 0 aliphatic heterocycles. The largest absolute Gasteiger partial charge is 0.508 e. The van der Waals surface area contributed by atoms with Crippen LogP contribution in [0.2, 0.25) is 0 Å². The lowest BCUT2D eigenvalue weighted by Crippen LogP contribution is -2.27. The Balaban J connectivity index is 2.30. The van der Waals surface area contributed by atoms with E-state index in [1.54, 1.807) is 19.2 Å². The van der Waals surface area contributed by atoms with Crippen LogP contribution in [-0.2, 0) is 0 Å². The fraction of sp³-hybridized carbons (Fsp3) is 0.133. The fourth-order valence-electron chi connectivity index (χ4n) is 1.74. The van der Waals surface area contributed by atoms with Gasteiger partial charge in [-0.15, -0.1) is 0 Å². The van der Waals surface area contributed by atoms with Gasteiger partial charge in [-0.25, -0.2) is 4.39 Å². The highest BCUT2D eigenvalue weighted by molar-refractivity contribution is 6.05. The Morgan fingerprint density at radius 3 is 2.37 bits per heavy atom. The highest BCUT2D eigenvalue weighted by atomic mass is 19.1. The molecular formula is C15H14FNO2. The first-order valence-corrected chi connectivity index (χ1v) is 5.82. The lowest BCUT2D eigenvalue weighted by Gasteiger charge is -2.18. The van der Waals surface area contributed by atoms with Gasteiger partial charge >= 0.3 is 0 Å². The van der Waals surface area contributed by atoms with Gasteiger partial charge in [0.05, 0.1) is 5.56 Å². The van der Waals surface area contributed by atoms with Gasteiger partial charge < -0.3 is 10.0 Å².